The predicted octanol–water partition coefficient (Wildman–Crippen LogP) is -1.31. The van der Waals surface area contributed by atoms with Crippen LogP contribution < -0.4 is 5.32 Å². The van der Waals surface area contributed by atoms with Crippen molar-refractivity contribution in [1.29, 1.82) is 5.26 Å². The van der Waals surface area contributed by atoms with Gasteiger partial charge < -0.3 is 10.1 Å². The number of carbonyl (C=O) groups excluding carboxylic acids is 1. The summed E-state index contributed by atoms with van der Waals surface area (Å²) < 4.78 is 26.6. The highest BCUT2D eigenvalue weighted by Gasteiger charge is 2.15. The molecule has 0 aliphatic carbocycles. The van der Waals surface area contributed by atoms with Gasteiger partial charge in [-0.15, -0.1) is 0 Å². The molecule has 0 saturated carbocycles. The van der Waals surface area contributed by atoms with Gasteiger partial charge in [-0.1, -0.05) is 0 Å². The Hall–Kier alpha value is -1.13. The molecule has 0 unspecified atom stereocenters. The zero-order valence-electron chi connectivity index (χ0n) is 7.82. The van der Waals surface area contributed by atoms with E-state index in [1.54, 1.807) is 0 Å². The molecular weight excluding hydrogens is 208 g/mol. The number of amides is 1. The Kier molecular flexibility index (Phi) is 5.83. The Morgan fingerprint density at radius 3 is 2.71 bits per heavy atom. The first-order valence-electron chi connectivity index (χ1n) is 3.85. The van der Waals surface area contributed by atoms with Crippen LogP contribution in [0.2, 0.25) is 0 Å². The molecule has 0 radical (unpaired) electrons. The van der Waals surface area contributed by atoms with Crippen molar-refractivity contribution in [3.8, 4) is 6.07 Å². The third-order valence-corrected chi connectivity index (χ3v) is 2.53. The number of rotatable bonds is 6. The van der Waals surface area contributed by atoms with Gasteiger partial charge in [0.05, 0.1) is 12.7 Å². The van der Waals surface area contributed by atoms with Gasteiger partial charge >= 0.3 is 0 Å². The van der Waals surface area contributed by atoms with Gasteiger partial charge in [-0.05, 0) is 0 Å². The molecule has 0 aromatic carbocycles. The molecule has 0 aromatic rings. The lowest BCUT2D eigenvalue weighted by atomic mass is 10.6. The van der Waals surface area contributed by atoms with E-state index in [0.29, 0.717) is 6.61 Å². The minimum absolute atomic E-state index is 0.261. The normalized spacial score (nSPS) is 10.6. The molecule has 0 aromatic heterocycles. The maximum Gasteiger partial charge on any atom is 0.235 e. The molecule has 80 valence electrons. The summed E-state index contributed by atoms with van der Waals surface area (Å²) in [5.41, 5.74) is 0. The molecular formula is C7H12N2O4S. The standard InChI is InChI=1S/C7H12N2O4S/c1-13-4-3-9-7(10)6-14(11,12)5-2-8/h3-6H2,1H3,(H,9,10). The number of hydrogen-bond donors (Lipinski definition) is 1. The smallest absolute Gasteiger partial charge is 0.235 e. The van der Waals surface area contributed by atoms with Crippen molar-refractivity contribution in [3.63, 3.8) is 0 Å². The van der Waals surface area contributed by atoms with Crippen molar-refractivity contribution in [1.82, 2.24) is 5.32 Å². The Bertz CT molecular complexity index is 317. The molecule has 0 aliphatic heterocycles. The molecule has 0 rings (SSSR count). The average Bonchev–Trinajstić information content (AvgIpc) is 2.03. The van der Waals surface area contributed by atoms with Crippen LogP contribution in [-0.2, 0) is 19.4 Å². The van der Waals surface area contributed by atoms with E-state index in [1.807, 2.05) is 0 Å². The van der Waals surface area contributed by atoms with Crippen LogP contribution >= 0.6 is 0 Å². The molecule has 6 nitrogen and oxygen atoms in total. The maximum atomic E-state index is 11.0. The first-order chi connectivity index (χ1) is 6.52. The van der Waals surface area contributed by atoms with Crippen molar-refractivity contribution in [2.75, 3.05) is 31.8 Å². The van der Waals surface area contributed by atoms with Crippen LogP contribution in [0.5, 0.6) is 0 Å². The van der Waals surface area contributed by atoms with E-state index in [0.717, 1.165) is 0 Å². The van der Waals surface area contributed by atoms with Gasteiger partial charge in [0.25, 0.3) is 0 Å². The second-order valence-electron chi connectivity index (χ2n) is 2.53. The van der Waals surface area contributed by atoms with Crippen LogP contribution in [0.25, 0.3) is 0 Å². The Morgan fingerprint density at radius 2 is 2.21 bits per heavy atom. The quantitative estimate of drug-likeness (QED) is 0.560. The number of nitrogens with zero attached hydrogens (tertiary/aromatic N) is 1. The number of sulfone groups is 1. The largest absolute Gasteiger partial charge is 0.383 e. The summed E-state index contributed by atoms with van der Waals surface area (Å²) in [6.45, 7) is 0.585. The Balaban J connectivity index is 3.89. The lowest BCUT2D eigenvalue weighted by molar-refractivity contribution is -0.118. The molecule has 0 atom stereocenters. The molecule has 0 fully saturated rings. The first kappa shape index (κ1) is 12.9. The molecule has 0 spiro atoms. The van der Waals surface area contributed by atoms with Crippen molar-refractivity contribution >= 4 is 15.7 Å². The summed E-state index contributed by atoms with van der Waals surface area (Å²) in [7, 11) is -2.11. The van der Waals surface area contributed by atoms with Gasteiger partial charge in [0.1, 0.15) is 11.5 Å². The van der Waals surface area contributed by atoms with Crippen molar-refractivity contribution < 1.29 is 17.9 Å². The second kappa shape index (κ2) is 6.34. The van der Waals surface area contributed by atoms with Gasteiger partial charge in [-0.3, -0.25) is 4.79 Å². The van der Waals surface area contributed by atoms with Crippen LogP contribution in [0.1, 0.15) is 0 Å². The SMILES string of the molecule is COCCNC(=O)CS(=O)(=O)CC#N. The summed E-state index contributed by atoms with van der Waals surface area (Å²) in [6, 6.07) is 1.49. The minimum atomic E-state index is -3.58. The first-order valence-corrected chi connectivity index (χ1v) is 5.67. The van der Waals surface area contributed by atoms with Gasteiger partial charge in [0, 0.05) is 13.7 Å². The zero-order chi connectivity index (χ0) is 11.0. The summed E-state index contributed by atoms with van der Waals surface area (Å²) in [4.78, 5) is 11.0. The van der Waals surface area contributed by atoms with Gasteiger partial charge in [0.2, 0.25) is 5.91 Å². The fraction of sp³-hybridized carbons (Fsp3) is 0.714. The molecule has 1 N–H and O–H groups in total. The van der Waals surface area contributed by atoms with Crippen LogP contribution in [0.3, 0.4) is 0 Å². The van der Waals surface area contributed by atoms with Crippen LogP contribution in [-0.4, -0.2) is 46.1 Å². The third kappa shape index (κ3) is 6.39. The van der Waals surface area contributed by atoms with E-state index >= 15 is 0 Å². The number of hydrogen-bond acceptors (Lipinski definition) is 5. The van der Waals surface area contributed by atoms with Crippen LogP contribution in [0.15, 0.2) is 0 Å². The summed E-state index contributed by atoms with van der Waals surface area (Å²) in [5.74, 6) is -1.90. The van der Waals surface area contributed by atoms with E-state index < -0.39 is 27.3 Å². The second-order valence-corrected chi connectivity index (χ2v) is 4.60. The highest BCUT2D eigenvalue weighted by atomic mass is 32.2. The Labute approximate surface area is 82.8 Å². The predicted molar refractivity (Wildman–Crippen MR) is 49.2 cm³/mol. The van der Waals surface area contributed by atoms with Crippen LogP contribution in [0.4, 0.5) is 0 Å². The number of methoxy groups -OCH3 is 1. The highest BCUT2D eigenvalue weighted by molar-refractivity contribution is 7.92. The molecule has 14 heavy (non-hydrogen) atoms. The zero-order valence-corrected chi connectivity index (χ0v) is 8.63. The van der Waals surface area contributed by atoms with Gasteiger partial charge in [-0.25, -0.2) is 8.42 Å². The summed E-state index contributed by atoms with van der Waals surface area (Å²) in [6.07, 6.45) is 0. The number of carbonyl (C=O) groups is 1. The van der Waals surface area contributed by atoms with E-state index in [-0.39, 0.29) is 6.54 Å². The number of nitriles is 1. The van der Waals surface area contributed by atoms with E-state index in [4.69, 9.17) is 5.26 Å². The minimum Gasteiger partial charge on any atom is -0.383 e. The summed E-state index contributed by atoms with van der Waals surface area (Å²) >= 11 is 0. The van der Waals surface area contributed by atoms with Gasteiger partial charge in [0.15, 0.2) is 9.84 Å². The molecule has 0 bridgehead atoms. The highest BCUT2D eigenvalue weighted by Crippen LogP contribution is 1.88. The summed E-state index contributed by atoms with van der Waals surface area (Å²) in [5, 5.41) is 10.5. The fourth-order valence-corrected chi connectivity index (χ4v) is 1.49. The maximum absolute atomic E-state index is 11.0. The van der Waals surface area contributed by atoms with E-state index in [2.05, 4.69) is 10.1 Å². The number of ether oxygens (including phenoxy) is 1. The lowest BCUT2D eigenvalue weighted by Gasteiger charge is -2.03. The molecule has 1 amide bonds. The fourth-order valence-electron chi connectivity index (χ4n) is 0.693. The third-order valence-electron chi connectivity index (χ3n) is 1.26. The van der Waals surface area contributed by atoms with Crippen LogP contribution in [0, 0.1) is 11.3 Å². The van der Waals surface area contributed by atoms with E-state index in [9.17, 15) is 13.2 Å². The van der Waals surface area contributed by atoms with E-state index in [1.165, 1.54) is 13.2 Å². The topological polar surface area (TPSA) is 96.3 Å². The van der Waals surface area contributed by atoms with Crippen molar-refractivity contribution in [3.05, 3.63) is 0 Å². The van der Waals surface area contributed by atoms with Crippen molar-refractivity contribution in [2.24, 2.45) is 0 Å². The van der Waals surface area contributed by atoms with Gasteiger partial charge in [-0.2, -0.15) is 5.26 Å². The monoisotopic (exact) mass is 220 g/mol. The van der Waals surface area contributed by atoms with Crippen molar-refractivity contribution in [2.45, 2.75) is 0 Å². The lowest BCUT2D eigenvalue weighted by Crippen LogP contribution is -2.33. The molecule has 0 aliphatic rings. The average molecular weight is 220 g/mol. The number of nitrogens with one attached hydrogen (secondary N) is 1. The molecule has 0 heterocycles. The molecule has 7 heteroatoms. The molecule has 0 saturated heterocycles. The Morgan fingerprint density at radius 1 is 1.57 bits per heavy atom.